The van der Waals surface area contributed by atoms with Gasteiger partial charge in [-0.3, -0.25) is 9.59 Å². The van der Waals surface area contributed by atoms with E-state index in [0.29, 0.717) is 0 Å². The van der Waals surface area contributed by atoms with E-state index in [0.717, 1.165) is 40.0 Å². The first-order chi connectivity index (χ1) is 19.1. The van der Waals surface area contributed by atoms with Crippen molar-refractivity contribution in [3.8, 4) is 0 Å². The molecule has 0 saturated carbocycles. The van der Waals surface area contributed by atoms with Crippen LogP contribution in [0.5, 0.6) is 0 Å². The highest BCUT2D eigenvalue weighted by Gasteiger charge is 2.40. The van der Waals surface area contributed by atoms with Crippen LogP contribution < -0.4 is 20.6 Å². The number of anilines is 2. The number of amides is 1. The van der Waals surface area contributed by atoms with Crippen molar-refractivity contribution in [2.24, 2.45) is 5.73 Å². The Morgan fingerprint density at radius 1 is 1.07 bits per heavy atom. The normalized spacial score (nSPS) is 18.1. The minimum atomic E-state index is -0.479. The molecule has 3 aromatic carbocycles. The summed E-state index contributed by atoms with van der Waals surface area (Å²) in [6, 6.07) is 20.4. The van der Waals surface area contributed by atoms with Crippen molar-refractivity contribution in [3.05, 3.63) is 107 Å². The lowest BCUT2D eigenvalue weighted by atomic mass is 9.80. The molecule has 1 amide bonds. The Morgan fingerprint density at radius 3 is 2.45 bits per heavy atom. The fraction of sp³-hybridized carbons (Fsp3) is 0.294. The number of fused-ring (bicyclic) bond motifs is 2. The van der Waals surface area contributed by atoms with Crippen molar-refractivity contribution in [2.75, 3.05) is 29.4 Å². The van der Waals surface area contributed by atoms with Gasteiger partial charge >= 0.3 is 0 Å². The Balaban J connectivity index is 1.49. The predicted molar refractivity (Wildman–Crippen MR) is 160 cm³/mol. The molecule has 1 aliphatic heterocycles. The molecule has 5 rings (SSSR count). The lowest BCUT2D eigenvalue weighted by Gasteiger charge is -2.33. The molecule has 1 heterocycles. The molecule has 3 aromatic rings. The van der Waals surface area contributed by atoms with E-state index in [-0.39, 0.29) is 47.1 Å². The molecule has 0 fully saturated rings. The van der Waals surface area contributed by atoms with E-state index in [9.17, 15) is 14.7 Å². The maximum atomic E-state index is 13.3. The van der Waals surface area contributed by atoms with Crippen LogP contribution in [0.4, 0.5) is 11.4 Å². The Kier molecular flexibility index (Phi) is 7.05. The monoisotopic (exact) mass is 534 g/mol. The number of ketones is 1. The van der Waals surface area contributed by atoms with Gasteiger partial charge in [0.2, 0.25) is 5.91 Å². The third-order valence-electron chi connectivity index (χ3n) is 8.10. The highest BCUT2D eigenvalue weighted by molar-refractivity contribution is 6.20. The second kappa shape index (κ2) is 10.3. The summed E-state index contributed by atoms with van der Waals surface area (Å²) < 4.78 is 0. The average molecular weight is 535 g/mol. The minimum absolute atomic E-state index is 0.0250. The summed E-state index contributed by atoms with van der Waals surface area (Å²) in [7, 11) is 0. The number of para-hydroxylation sites is 1. The quantitative estimate of drug-likeness (QED) is 0.407. The van der Waals surface area contributed by atoms with E-state index < -0.39 is 5.91 Å². The van der Waals surface area contributed by atoms with Crippen LogP contribution in [0.2, 0.25) is 0 Å². The van der Waals surface area contributed by atoms with E-state index in [2.05, 4.69) is 63.8 Å². The topological polar surface area (TPSA) is 89.7 Å². The number of hydrogen-bond acceptors (Lipinski definition) is 5. The molecule has 2 N–H and O–H groups in total. The van der Waals surface area contributed by atoms with Crippen LogP contribution in [0.3, 0.4) is 0 Å². The van der Waals surface area contributed by atoms with Crippen molar-refractivity contribution < 1.29 is 14.7 Å². The molecule has 0 saturated heterocycles. The van der Waals surface area contributed by atoms with Gasteiger partial charge in [-0.05, 0) is 52.9 Å². The van der Waals surface area contributed by atoms with Gasteiger partial charge in [0.25, 0.3) is 0 Å². The third-order valence-corrected chi connectivity index (χ3v) is 8.10. The fourth-order valence-corrected chi connectivity index (χ4v) is 6.13. The number of rotatable bonds is 8. The van der Waals surface area contributed by atoms with Crippen molar-refractivity contribution >= 4 is 33.8 Å². The second-order valence-corrected chi connectivity index (χ2v) is 11.3. The van der Waals surface area contributed by atoms with Gasteiger partial charge in [-0.2, -0.15) is 0 Å². The number of Topliss-reactive ketones (excluding diaryl/α,β-unsaturated/α-hetero) is 1. The molecule has 0 spiro atoms. The molecule has 40 heavy (non-hydrogen) atoms. The zero-order valence-corrected chi connectivity index (χ0v) is 23.8. The maximum Gasteiger partial charge on any atom is 0.236 e. The maximum absolute atomic E-state index is 13.3. The summed E-state index contributed by atoms with van der Waals surface area (Å²) in [6.45, 7) is 11.5. The molecule has 206 valence electrons. The van der Waals surface area contributed by atoms with E-state index >= 15 is 0 Å². The SMILES string of the molecule is CCN1/C(=C\C2=C([O-])C(=C/CN(CC(N)=O)c3ccc4ccccc4c3C(C)C)/C2=O)C(C)(C)c2ccccc21. The summed E-state index contributed by atoms with van der Waals surface area (Å²) in [6.07, 6.45) is 3.41. The summed E-state index contributed by atoms with van der Waals surface area (Å²) in [5.74, 6) is -0.820. The zero-order chi connectivity index (χ0) is 28.8. The molecule has 6 nitrogen and oxygen atoms in total. The molecule has 1 aliphatic carbocycles. The van der Waals surface area contributed by atoms with Crippen molar-refractivity contribution in [1.29, 1.82) is 0 Å². The third kappa shape index (κ3) is 4.47. The van der Waals surface area contributed by atoms with Crippen molar-refractivity contribution in [1.82, 2.24) is 0 Å². The van der Waals surface area contributed by atoms with Crippen LogP contribution in [0.1, 0.15) is 51.7 Å². The van der Waals surface area contributed by atoms with E-state index in [1.807, 2.05) is 41.3 Å². The smallest absolute Gasteiger partial charge is 0.236 e. The van der Waals surface area contributed by atoms with Gasteiger partial charge in [0.15, 0.2) is 5.78 Å². The summed E-state index contributed by atoms with van der Waals surface area (Å²) in [4.78, 5) is 29.3. The molecule has 0 unspecified atom stereocenters. The largest absolute Gasteiger partial charge is 0.871 e. The number of benzene rings is 3. The van der Waals surface area contributed by atoms with Crippen LogP contribution >= 0.6 is 0 Å². The molecule has 0 radical (unpaired) electrons. The van der Waals surface area contributed by atoms with Crippen LogP contribution in [-0.4, -0.2) is 31.3 Å². The van der Waals surface area contributed by atoms with Crippen LogP contribution in [-0.2, 0) is 15.0 Å². The molecule has 0 aromatic heterocycles. The van der Waals surface area contributed by atoms with Crippen LogP contribution in [0.15, 0.2) is 95.4 Å². The molecule has 2 aliphatic rings. The summed E-state index contributed by atoms with van der Waals surface area (Å²) in [5.41, 5.74) is 10.9. The lowest BCUT2D eigenvalue weighted by Crippen LogP contribution is -2.36. The first-order valence-corrected chi connectivity index (χ1v) is 13.9. The number of primary amides is 1. The Hall–Kier alpha value is -4.32. The molecule has 0 bridgehead atoms. The Bertz CT molecular complexity index is 1610. The first-order valence-electron chi connectivity index (χ1n) is 13.9. The number of hydrogen-bond donors (Lipinski definition) is 1. The number of carbonyl (C=O) groups excluding carboxylic acids is 2. The first kappa shape index (κ1) is 27.3. The van der Waals surface area contributed by atoms with Gasteiger partial charge < -0.3 is 20.6 Å². The van der Waals surface area contributed by atoms with E-state index in [4.69, 9.17) is 5.73 Å². The molecular weight excluding hydrogens is 498 g/mol. The van der Waals surface area contributed by atoms with Gasteiger partial charge in [0.05, 0.1) is 6.54 Å². The number of likely N-dealkylation sites (N-methyl/N-ethyl adjacent to an activating group) is 1. The summed E-state index contributed by atoms with van der Waals surface area (Å²) >= 11 is 0. The van der Waals surface area contributed by atoms with Gasteiger partial charge in [-0.1, -0.05) is 88.1 Å². The number of nitrogens with zero attached hydrogens (tertiary/aromatic N) is 2. The zero-order valence-electron chi connectivity index (χ0n) is 23.8. The molecule has 0 atom stereocenters. The minimum Gasteiger partial charge on any atom is -0.871 e. The highest BCUT2D eigenvalue weighted by atomic mass is 16.3. The van der Waals surface area contributed by atoms with Crippen LogP contribution in [0.25, 0.3) is 10.8 Å². The number of allylic oxidation sites excluding steroid dienone is 4. The van der Waals surface area contributed by atoms with Crippen LogP contribution in [0, 0.1) is 0 Å². The van der Waals surface area contributed by atoms with Gasteiger partial charge in [-0.15, -0.1) is 0 Å². The average Bonchev–Trinajstić information content (AvgIpc) is 3.15. The van der Waals surface area contributed by atoms with Gasteiger partial charge in [-0.25, -0.2) is 0 Å². The van der Waals surface area contributed by atoms with Gasteiger partial charge in [0, 0.05) is 46.7 Å². The second-order valence-electron chi connectivity index (χ2n) is 11.3. The molecule has 6 heteroatoms. The number of nitrogens with two attached hydrogens (primary N) is 1. The number of carbonyl (C=O) groups is 2. The Labute approximate surface area is 236 Å². The summed E-state index contributed by atoms with van der Waals surface area (Å²) in [5, 5.41) is 15.5. The van der Waals surface area contributed by atoms with E-state index in [1.54, 1.807) is 12.2 Å². The molecular formula is C34H36N3O3-. The standard InChI is InChI=1S/C34H37N3O3/c1-6-37-27-14-10-9-13-26(27)34(4,5)29(37)19-25-32(39)24(33(25)40)17-18-36(20-30(35)38)28-16-15-22-11-7-8-12-23(22)31(28)21(2)3/h7-17,19,21,39H,6,18,20H2,1-5H3,(H2,35,38)/p-1/b24-17-,29-19-. The highest BCUT2D eigenvalue weighted by Crippen LogP contribution is 2.48. The van der Waals surface area contributed by atoms with Crippen molar-refractivity contribution in [2.45, 2.75) is 46.0 Å². The van der Waals surface area contributed by atoms with E-state index in [1.165, 1.54) is 5.56 Å². The van der Waals surface area contributed by atoms with Crippen molar-refractivity contribution in [3.63, 3.8) is 0 Å². The lowest BCUT2D eigenvalue weighted by molar-refractivity contribution is -0.300. The predicted octanol–water partition coefficient (Wildman–Crippen LogP) is 5.08. The fourth-order valence-electron chi connectivity index (χ4n) is 6.13. The van der Waals surface area contributed by atoms with Gasteiger partial charge in [0.1, 0.15) is 0 Å². The Morgan fingerprint density at radius 2 is 1.77 bits per heavy atom.